The number of ketones is 2. The van der Waals surface area contributed by atoms with Crippen molar-refractivity contribution < 1.29 is 24.2 Å². The molecule has 0 fully saturated rings. The van der Waals surface area contributed by atoms with Crippen LogP contribution in [-0.2, 0) is 6.42 Å². The zero-order valence-corrected chi connectivity index (χ0v) is 10.1. The average Bonchev–Trinajstić information content (AvgIpc) is 2.83. The second kappa shape index (κ2) is 3.71. The zero-order chi connectivity index (χ0) is 13.7. The van der Waals surface area contributed by atoms with Crippen LogP contribution in [0.4, 0.5) is 0 Å². The molecule has 0 saturated heterocycles. The molecule has 5 nitrogen and oxygen atoms in total. The Morgan fingerprint density at radius 1 is 1.00 bits per heavy atom. The van der Waals surface area contributed by atoms with Gasteiger partial charge in [-0.15, -0.1) is 0 Å². The normalized spacial score (nSPS) is 13.3. The molecule has 1 aromatic carbocycles. The second-order valence-corrected chi connectivity index (χ2v) is 4.31. The molecule has 3 rings (SSSR count). The van der Waals surface area contributed by atoms with Gasteiger partial charge in [-0.05, 0) is 12.1 Å². The molecule has 1 heterocycles. The monoisotopic (exact) mass is 258 g/mol. The lowest BCUT2D eigenvalue weighted by Crippen LogP contribution is -2.20. The van der Waals surface area contributed by atoms with E-state index in [-0.39, 0.29) is 33.8 Å². The van der Waals surface area contributed by atoms with Crippen molar-refractivity contribution in [3.8, 4) is 11.5 Å². The fourth-order valence-corrected chi connectivity index (χ4v) is 2.37. The molecular weight excluding hydrogens is 248 g/mol. The molecule has 0 spiro atoms. The molecule has 0 atom stereocenters. The Morgan fingerprint density at radius 2 is 1.58 bits per heavy atom. The summed E-state index contributed by atoms with van der Waals surface area (Å²) in [4.78, 5) is 24.7. The fourth-order valence-electron chi connectivity index (χ4n) is 2.37. The van der Waals surface area contributed by atoms with E-state index in [0.29, 0.717) is 12.2 Å². The van der Waals surface area contributed by atoms with E-state index in [0.717, 1.165) is 0 Å². The number of furan rings is 1. The first-order valence-corrected chi connectivity index (χ1v) is 5.81. The Balaban J connectivity index is 2.38. The summed E-state index contributed by atoms with van der Waals surface area (Å²) in [6.07, 6.45) is 1.68. The number of carbonyl (C=O) groups excluding carboxylic acids is 2. The van der Waals surface area contributed by atoms with Crippen LogP contribution in [0.5, 0.6) is 11.5 Å². The highest BCUT2D eigenvalue weighted by atomic mass is 16.3. The minimum absolute atomic E-state index is 0.134. The predicted octanol–water partition coefficient (Wildman–Crippen LogP) is 2.03. The van der Waals surface area contributed by atoms with Crippen LogP contribution in [0.25, 0.3) is 0 Å². The van der Waals surface area contributed by atoms with Crippen molar-refractivity contribution in [3.63, 3.8) is 0 Å². The molecule has 1 aromatic heterocycles. The number of hydrogen-bond donors (Lipinski definition) is 2. The van der Waals surface area contributed by atoms with Crippen LogP contribution in [0.3, 0.4) is 0 Å². The number of hydrogen-bond acceptors (Lipinski definition) is 5. The number of phenols is 2. The maximum atomic E-state index is 12.4. The van der Waals surface area contributed by atoms with Gasteiger partial charge in [0.05, 0.1) is 22.3 Å². The van der Waals surface area contributed by atoms with E-state index < -0.39 is 11.6 Å². The van der Waals surface area contributed by atoms with Crippen LogP contribution in [0, 0.1) is 0 Å². The van der Waals surface area contributed by atoms with Crippen LogP contribution in [0.2, 0.25) is 0 Å². The smallest absolute Gasteiger partial charge is 0.201 e. The first-order valence-electron chi connectivity index (χ1n) is 5.81. The number of rotatable bonds is 1. The van der Waals surface area contributed by atoms with Crippen molar-refractivity contribution >= 4 is 11.6 Å². The van der Waals surface area contributed by atoms with Gasteiger partial charge < -0.3 is 14.6 Å². The number of carbonyl (C=O) groups is 2. The SMILES string of the molecule is CCc1occ2c1C(=O)c1c(O)ccc(O)c1C2=O. The zero-order valence-electron chi connectivity index (χ0n) is 10.1. The van der Waals surface area contributed by atoms with Crippen molar-refractivity contribution in [2.45, 2.75) is 13.3 Å². The lowest BCUT2D eigenvalue weighted by molar-refractivity contribution is 0.0974. The van der Waals surface area contributed by atoms with Crippen molar-refractivity contribution in [2.24, 2.45) is 0 Å². The largest absolute Gasteiger partial charge is 0.507 e. The van der Waals surface area contributed by atoms with E-state index in [1.807, 2.05) is 0 Å². The second-order valence-electron chi connectivity index (χ2n) is 4.31. The van der Waals surface area contributed by atoms with Gasteiger partial charge in [-0.2, -0.15) is 0 Å². The van der Waals surface area contributed by atoms with Gasteiger partial charge in [0, 0.05) is 6.42 Å². The van der Waals surface area contributed by atoms with E-state index >= 15 is 0 Å². The van der Waals surface area contributed by atoms with E-state index in [2.05, 4.69) is 0 Å². The standard InChI is InChI=1S/C14H10O5/c1-2-9-10-6(5-19-9)13(17)11-7(15)3-4-8(16)12(11)14(10)18/h3-5,15-16H,2H2,1H3. The van der Waals surface area contributed by atoms with Crippen LogP contribution < -0.4 is 0 Å². The summed E-state index contributed by atoms with van der Waals surface area (Å²) in [5.74, 6) is -1.25. The van der Waals surface area contributed by atoms with E-state index in [4.69, 9.17) is 4.42 Å². The summed E-state index contributed by atoms with van der Waals surface area (Å²) in [7, 11) is 0. The summed E-state index contributed by atoms with van der Waals surface area (Å²) < 4.78 is 5.21. The quantitative estimate of drug-likeness (QED) is 0.652. The van der Waals surface area contributed by atoms with Gasteiger partial charge in [-0.25, -0.2) is 0 Å². The highest BCUT2D eigenvalue weighted by Gasteiger charge is 2.37. The molecule has 5 heteroatoms. The van der Waals surface area contributed by atoms with Gasteiger partial charge in [0.25, 0.3) is 0 Å². The lowest BCUT2D eigenvalue weighted by atomic mass is 9.84. The van der Waals surface area contributed by atoms with Gasteiger partial charge in [-0.1, -0.05) is 6.92 Å². The van der Waals surface area contributed by atoms with Gasteiger partial charge in [-0.3, -0.25) is 9.59 Å². The first-order chi connectivity index (χ1) is 9.06. The fraction of sp³-hybridized carbons (Fsp3) is 0.143. The number of fused-ring (bicyclic) bond motifs is 2. The third-order valence-electron chi connectivity index (χ3n) is 3.28. The Bertz CT molecular complexity index is 724. The molecule has 96 valence electrons. The molecule has 0 unspecified atom stereocenters. The topological polar surface area (TPSA) is 87.7 Å². The molecule has 2 aromatic rings. The minimum Gasteiger partial charge on any atom is -0.507 e. The number of aryl methyl sites for hydroxylation is 1. The summed E-state index contributed by atoms with van der Waals surface area (Å²) >= 11 is 0. The molecule has 2 N–H and O–H groups in total. The third-order valence-corrected chi connectivity index (χ3v) is 3.28. The van der Waals surface area contributed by atoms with Crippen molar-refractivity contribution in [3.05, 3.63) is 46.4 Å². The molecule has 1 aliphatic carbocycles. The summed E-state index contributed by atoms with van der Waals surface area (Å²) in [5.41, 5.74) is -0.00861. The number of aromatic hydroxyl groups is 2. The number of benzene rings is 1. The van der Waals surface area contributed by atoms with Crippen LogP contribution in [0.1, 0.15) is 44.5 Å². The highest BCUT2D eigenvalue weighted by molar-refractivity contribution is 6.30. The molecule has 0 radical (unpaired) electrons. The van der Waals surface area contributed by atoms with Gasteiger partial charge in [0.1, 0.15) is 23.5 Å². The predicted molar refractivity (Wildman–Crippen MR) is 64.7 cm³/mol. The molecule has 0 saturated carbocycles. The van der Waals surface area contributed by atoms with Crippen LogP contribution >= 0.6 is 0 Å². The Labute approximate surface area is 108 Å². The van der Waals surface area contributed by atoms with E-state index in [1.54, 1.807) is 6.92 Å². The van der Waals surface area contributed by atoms with Crippen molar-refractivity contribution in [1.29, 1.82) is 0 Å². The Kier molecular flexibility index (Phi) is 2.25. The highest BCUT2D eigenvalue weighted by Crippen LogP contribution is 2.39. The first kappa shape index (κ1) is 11.5. The summed E-state index contributed by atoms with van der Waals surface area (Å²) in [5, 5.41) is 19.5. The minimum atomic E-state index is -0.513. The Morgan fingerprint density at radius 3 is 2.16 bits per heavy atom. The van der Waals surface area contributed by atoms with E-state index in [9.17, 15) is 19.8 Å². The van der Waals surface area contributed by atoms with E-state index in [1.165, 1.54) is 18.4 Å². The van der Waals surface area contributed by atoms with Crippen molar-refractivity contribution in [1.82, 2.24) is 0 Å². The summed E-state index contributed by atoms with van der Waals surface area (Å²) in [6.45, 7) is 1.80. The molecule has 0 bridgehead atoms. The average molecular weight is 258 g/mol. The van der Waals surface area contributed by atoms with Crippen molar-refractivity contribution in [2.75, 3.05) is 0 Å². The van der Waals surface area contributed by atoms with Gasteiger partial charge in [0.15, 0.2) is 0 Å². The third kappa shape index (κ3) is 1.35. The summed E-state index contributed by atoms with van der Waals surface area (Å²) in [6, 6.07) is 2.38. The molecular formula is C14H10O5. The maximum Gasteiger partial charge on any atom is 0.201 e. The van der Waals surface area contributed by atoms with Crippen LogP contribution in [-0.4, -0.2) is 21.8 Å². The molecule has 19 heavy (non-hydrogen) atoms. The van der Waals surface area contributed by atoms with Crippen LogP contribution in [0.15, 0.2) is 22.8 Å². The molecule has 0 amide bonds. The van der Waals surface area contributed by atoms with Gasteiger partial charge in [0.2, 0.25) is 11.6 Å². The van der Waals surface area contributed by atoms with Gasteiger partial charge >= 0.3 is 0 Å². The lowest BCUT2D eigenvalue weighted by Gasteiger charge is -2.16. The maximum absolute atomic E-state index is 12.4. The molecule has 1 aliphatic rings. The Hall–Kier alpha value is -2.56. The number of phenolic OH excluding ortho intramolecular Hbond substituents is 2. The molecule has 0 aliphatic heterocycles.